The average molecular weight is 643 g/mol. The van der Waals surface area contributed by atoms with Gasteiger partial charge in [0.05, 0.1) is 16.9 Å². The summed E-state index contributed by atoms with van der Waals surface area (Å²) in [5.41, 5.74) is -8.39. The van der Waals surface area contributed by atoms with E-state index in [0.717, 1.165) is 24.5 Å². The fourth-order valence-corrected chi connectivity index (χ4v) is 4.35. The molecular formula is C24H16BrClF7N3O3. The Morgan fingerprint density at radius 3 is 2.26 bits per heavy atom. The van der Waals surface area contributed by atoms with Crippen molar-refractivity contribution in [1.82, 2.24) is 0 Å². The maximum Gasteiger partial charge on any atom is 0.434 e. The Morgan fingerprint density at radius 2 is 1.69 bits per heavy atom. The summed E-state index contributed by atoms with van der Waals surface area (Å²) in [6.45, 7) is 1.39. The van der Waals surface area contributed by atoms with Gasteiger partial charge in [-0.3, -0.25) is 9.59 Å². The van der Waals surface area contributed by atoms with Crippen LogP contribution in [0.3, 0.4) is 0 Å². The van der Waals surface area contributed by atoms with Gasteiger partial charge in [-0.15, -0.1) is 0 Å². The Hall–Kier alpha value is -3.39. The summed E-state index contributed by atoms with van der Waals surface area (Å²) in [4.78, 5) is 25.2. The van der Waals surface area contributed by atoms with Gasteiger partial charge in [0, 0.05) is 16.1 Å². The number of alkyl halides is 7. The van der Waals surface area contributed by atoms with Gasteiger partial charge in [0.25, 0.3) is 11.8 Å². The number of benzene rings is 2. The van der Waals surface area contributed by atoms with E-state index < -0.39 is 56.1 Å². The molecule has 0 bridgehead atoms. The van der Waals surface area contributed by atoms with Crippen molar-refractivity contribution in [3.05, 3.63) is 92.6 Å². The smallest absolute Gasteiger partial charge is 0.434 e. The summed E-state index contributed by atoms with van der Waals surface area (Å²) >= 11 is 7.37. The predicted octanol–water partition coefficient (Wildman–Crippen LogP) is 6.85. The van der Waals surface area contributed by atoms with Crippen LogP contribution >= 0.6 is 27.5 Å². The lowest BCUT2D eigenvalue weighted by atomic mass is 9.92. The molecule has 0 radical (unpaired) electrons. The summed E-state index contributed by atoms with van der Waals surface area (Å²) in [6, 6.07) is 6.81. The molecule has 3 aromatic rings. The lowest BCUT2D eigenvalue weighted by Gasteiger charge is -2.32. The van der Waals surface area contributed by atoms with E-state index in [2.05, 4.69) is 38.2 Å². The standard InChI is InChI=1S/C24H16BrClF7N3O3/c1-2-12-9-14(22(28,23(26,29)30)24(31,32)33)10-16(25)19(12)35-21(38)15-6-3-7-17(18(15)27)34-20(37)13-5-4-8-36(39)11-13/h3-11H,2H2,1H3,(H,34,37)(H,35,38). The Bertz CT molecular complexity index is 1420. The van der Waals surface area contributed by atoms with E-state index in [4.69, 9.17) is 0 Å². The SMILES string of the molecule is CCc1cc(C(F)(C(F)(F)F)C(F)(F)Cl)cc(Br)c1NC(=O)c1cccc(NC(=O)c2ccc[n+]([O-])c2)c1F. The first-order chi connectivity index (χ1) is 18.0. The highest BCUT2D eigenvalue weighted by Crippen LogP contribution is 2.55. The van der Waals surface area contributed by atoms with Crippen molar-refractivity contribution >= 4 is 50.7 Å². The van der Waals surface area contributed by atoms with Crippen LogP contribution in [0.1, 0.15) is 38.8 Å². The van der Waals surface area contributed by atoms with Crippen LogP contribution in [-0.4, -0.2) is 23.4 Å². The van der Waals surface area contributed by atoms with Gasteiger partial charge in [0.2, 0.25) is 0 Å². The van der Waals surface area contributed by atoms with E-state index in [1.807, 2.05) is 0 Å². The van der Waals surface area contributed by atoms with Gasteiger partial charge in [-0.2, -0.15) is 26.7 Å². The first-order valence-corrected chi connectivity index (χ1v) is 11.9. The zero-order valence-corrected chi connectivity index (χ0v) is 21.8. The van der Waals surface area contributed by atoms with Crippen LogP contribution in [-0.2, 0) is 12.1 Å². The molecule has 6 nitrogen and oxygen atoms in total. The molecule has 2 aromatic carbocycles. The van der Waals surface area contributed by atoms with Crippen LogP contribution in [0.15, 0.2) is 59.3 Å². The second kappa shape index (κ2) is 11.0. The largest absolute Gasteiger partial charge is 0.619 e. The van der Waals surface area contributed by atoms with Crippen LogP contribution in [0, 0.1) is 11.0 Å². The quantitative estimate of drug-likeness (QED) is 0.128. The molecule has 0 saturated heterocycles. The van der Waals surface area contributed by atoms with Crippen LogP contribution in [0.25, 0.3) is 0 Å². The summed E-state index contributed by atoms with van der Waals surface area (Å²) in [7, 11) is 0. The van der Waals surface area contributed by atoms with Crippen LogP contribution in [0.2, 0.25) is 0 Å². The molecule has 2 N–H and O–H groups in total. The fourth-order valence-electron chi connectivity index (χ4n) is 3.54. The molecule has 39 heavy (non-hydrogen) atoms. The third-order valence-corrected chi connectivity index (χ3v) is 6.39. The Kier molecular flexibility index (Phi) is 8.51. The number of carbonyl (C=O) groups is 2. The minimum absolute atomic E-state index is 0.108. The van der Waals surface area contributed by atoms with E-state index in [0.29, 0.717) is 16.9 Å². The predicted molar refractivity (Wildman–Crippen MR) is 131 cm³/mol. The molecule has 208 valence electrons. The third kappa shape index (κ3) is 5.96. The number of nitrogens with zero attached hydrogens (tertiary/aromatic N) is 1. The van der Waals surface area contributed by atoms with Gasteiger partial charge < -0.3 is 15.8 Å². The lowest BCUT2D eigenvalue weighted by Crippen LogP contribution is -2.49. The lowest BCUT2D eigenvalue weighted by molar-refractivity contribution is -0.605. The summed E-state index contributed by atoms with van der Waals surface area (Å²) < 4.78 is 97.3. The van der Waals surface area contributed by atoms with Gasteiger partial charge in [-0.25, -0.2) is 8.78 Å². The molecule has 15 heteroatoms. The molecule has 3 rings (SSSR count). The van der Waals surface area contributed by atoms with Crippen LogP contribution in [0.5, 0.6) is 0 Å². The van der Waals surface area contributed by atoms with Crippen molar-refractivity contribution in [2.45, 2.75) is 30.6 Å². The maximum atomic E-state index is 15.1. The Labute approximate surface area is 229 Å². The van der Waals surface area contributed by atoms with E-state index in [-0.39, 0.29) is 23.2 Å². The number of aromatic nitrogens is 1. The number of hydrogen-bond donors (Lipinski definition) is 2. The van der Waals surface area contributed by atoms with E-state index in [1.54, 1.807) is 0 Å². The normalized spacial score (nSPS) is 13.5. The van der Waals surface area contributed by atoms with Crippen molar-refractivity contribution < 1.29 is 45.1 Å². The van der Waals surface area contributed by atoms with Crippen molar-refractivity contribution in [1.29, 1.82) is 0 Å². The van der Waals surface area contributed by atoms with Gasteiger partial charge in [-0.1, -0.05) is 13.0 Å². The van der Waals surface area contributed by atoms with Gasteiger partial charge >= 0.3 is 17.2 Å². The molecule has 0 aliphatic rings. The third-order valence-electron chi connectivity index (χ3n) is 5.50. The number of pyridine rings is 1. The Morgan fingerprint density at radius 1 is 1.03 bits per heavy atom. The summed E-state index contributed by atoms with van der Waals surface area (Å²) in [5, 5.41) is 10.5. The van der Waals surface area contributed by atoms with Gasteiger partial charge in [0.1, 0.15) is 5.56 Å². The second-order valence-electron chi connectivity index (χ2n) is 8.03. The zero-order chi connectivity index (χ0) is 29.3. The van der Waals surface area contributed by atoms with Crippen molar-refractivity contribution in [2.24, 2.45) is 0 Å². The number of anilines is 2. The van der Waals surface area contributed by atoms with Crippen molar-refractivity contribution in [3.63, 3.8) is 0 Å². The number of hydrogen-bond acceptors (Lipinski definition) is 3. The molecule has 0 aliphatic carbocycles. The maximum absolute atomic E-state index is 15.1. The number of rotatable bonds is 7. The monoisotopic (exact) mass is 641 g/mol. The number of carbonyl (C=O) groups excluding carboxylic acids is 2. The molecule has 0 saturated carbocycles. The first kappa shape index (κ1) is 30.2. The van der Waals surface area contributed by atoms with Gasteiger partial charge in [-0.05, 0) is 69.8 Å². The number of halogens is 9. The molecule has 1 atom stereocenters. The Balaban J connectivity index is 1.96. The van der Waals surface area contributed by atoms with E-state index >= 15 is 4.39 Å². The molecule has 2 amide bonds. The molecular weight excluding hydrogens is 627 g/mol. The number of amides is 2. The van der Waals surface area contributed by atoms with E-state index in [1.165, 1.54) is 25.1 Å². The van der Waals surface area contributed by atoms with Crippen LogP contribution in [0.4, 0.5) is 42.1 Å². The molecule has 0 aliphatic heterocycles. The van der Waals surface area contributed by atoms with Crippen LogP contribution < -0.4 is 15.4 Å². The highest BCUT2D eigenvalue weighted by Gasteiger charge is 2.72. The fraction of sp³-hybridized carbons (Fsp3) is 0.208. The minimum Gasteiger partial charge on any atom is -0.619 e. The van der Waals surface area contributed by atoms with Crippen molar-refractivity contribution in [3.8, 4) is 0 Å². The van der Waals surface area contributed by atoms with E-state index in [9.17, 15) is 41.1 Å². The second-order valence-corrected chi connectivity index (χ2v) is 9.36. The topological polar surface area (TPSA) is 85.1 Å². The molecule has 0 fully saturated rings. The van der Waals surface area contributed by atoms with Crippen molar-refractivity contribution in [2.75, 3.05) is 10.6 Å². The first-order valence-electron chi connectivity index (χ1n) is 10.8. The number of aryl methyl sites for hydroxylation is 1. The molecule has 1 unspecified atom stereocenters. The average Bonchev–Trinajstić information content (AvgIpc) is 2.84. The number of nitrogens with one attached hydrogen (secondary N) is 2. The molecule has 1 aromatic heterocycles. The highest BCUT2D eigenvalue weighted by atomic mass is 79.9. The zero-order valence-electron chi connectivity index (χ0n) is 19.5. The highest BCUT2D eigenvalue weighted by molar-refractivity contribution is 9.10. The summed E-state index contributed by atoms with van der Waals surface area (Å²) in [5.74, 6) is -3.19. The molecule has 0 spiro atoms. The summed E-state index contributed by atoms with van der Waals surface area (Å²) in [6.07, 6.45) is -4.22. The minimum atomic E-state index is -6.10. The molecule has 1 heterocycles. The van der Waals surface area contributed by atoms with Gasteiger partial charge in [0.15, 0.2) is 18.2 Å².